The van der Waals surface area contributed by atoms with Gasteiger partial charge in [0.1, 0.15) is 0 Å². The number of carbonyl (C=O) groups is 2. The minimum absolute atomic E-state index is 0.00625. The van der Waals surface area contributed by atoms with E-state index in [1.54, 1.807) is 6.08 Å². The Kier molecular flexibility index (Phi) is 70.4. The van der Waals surface area contributed by atoms with Crippen LogP contribution in [-0.2, 0) is 14.3 Å². The molecule has 0 saturated heterocycles. The molecule has 0 saturated carbocycles. The first kappa shape index (κ1) is 80.8. The van der Waals surface area contributed by atoms with E-state index < -0.39 is 12.1 Å². The molecule has 0 spiro atoms. The third kappa shape index (κ3) is 68.8. The lowest BCUT2D eigenvalue weighted by Gasteiger charge is -2.20. The van der Waals surface area contributed by atoms with Crippen LogP contribution in [0.5, 0.6) is 0 Å². The lowest BCUT2D eigenvalue weighted by Crippen LogP contribution is -2.45. The highest BCUT2D eigenvalue weighted by Gasteiger charge is 2.18. The van der Waals surface area contributed by atoms with Crippen molar-refractivity contribution >= 4 is 11.9 Å². The van der Waals surface area contributed by atoms with Gasteiger partial charge in [-0.2, -0.15) is 0 Å². The fourth-order valence-electron chi connectivity index (χ4n) is 11.6. The molecule has 6 nitrogen and oxygen atoms in total. The van der Waals surface area contributed by atoms with E-state index in [9.17, 15) is 19.8 Å². The summed E-state index contributed by atoms with van der Waals surface area (Å²) in [4.78, 5) is 24.6. The monoisotopic (exact) mass is 1160 g/mol. The van der Waals surface area contributed by atoms with Gasteiger partial charge in [0.2, 0.25) is 5.91 Å². The second-order valence-corrected chi connectivity index (χ2v) is 25.6. The van der Waals surface area contributed by atoms with Gasteiger partial charge in [0.05, 0.1) is 25.4 Å². The number of amides is 1. The molecule has 0 rings (SSSR count). The molecule has 0 aromatic heterocycles. The van der Waals surface area contributed by atoms with Crippen molar-refractivity contribution in [2.75, 3.05) is 13.2 Å². The number of hydrogen-bond acceptors (Lipinski definition) is 5. The normalized spacial score (nSPS) is 12.8. The van der Waals surface area contributed by atoms with Crippen LogP contribution in [-0.4, -0.2) is 47.4 Å². The van der Waals surface area contributed by atoms with E-state index in [4.69, 9.17) is 4.74 Å². The van der Waals surface area contributed by atoms with Gasteiger partial charge in [-0.3, -0.25) is 9.59 Å². The molecule has 0 aliphatic carbocycles. The van der Waals surface area contributed by atoms with Crippen LogP contribution in [0.2, 0.25) is 0 Å². The van der Waals surface area contributed by atoms with Crippen LogP contribution in [0.3, 0.4) is 0 Å². The molecule has 488 valence electrons. The molecular weight excluding hydrogens is 1020 g/mol. The summed E-state index contributed by atoms with van der Waals surface area (Å²) in [6.45, 7) is 4.92. The van der Waals surface area contributed by atoms with Crippen LogP contribution in [0.4, 0.5) is 0 Å². The number of aliphatic hydroxyl groups is 2. The van der Waals surface area contributed by atoms with Crippen molar-refractivity contribution in [3.8, 4) is 0 Å². The summed E-state index contributed by atoms with van der Waals surface area (Å²) in [5.41, 5.74) is 0. The van der Waals surface area contributed by atoms with E-state index in [0.29, 0.717) is 19.4 Å². The van der Waals surface area contributed by atoms with Crippen LogP contribution in [0.1, 0.15) is 406 Å². The number of unbranched alkanes of at least 4 members (excludes halogenated alkanes) is 53. The molecule has 0 heterocycles. The van der Waals surface area contributed by atoms with Gasteiger partial charge in [-0.05, 0) is 89.9 Å². The lowest BCUT2D eigenvalue weighted by atomic mass is 10.0. The quantitative estimate of drug-likeness (QED) is 0.0320. The van der Waals surface area contributed by atoms with E-state index >= 15 is 0 Å². The zero-order valence-corrected chi connectivity index (χ0v) is 55.9. The molecule has 0 aliphatic rings. The molecule has 0 aromatic rings. The van der Waals surface area contributed by atoms with Gasteiger partial charge in [0.15, 0.2) is 0 Å². The van der Waals surface area contributed by atoms with Crippen LogP contribution < -0.4 is 5.32 Å². The molecule has 0 aliphatic heterocycles. The van der Waals surface area contributed by atoms with Crippen LogP contribution in [0.15, 0.2) is 48.6 Å². The maximum atomic E-state index is 12.5. The maximum Gasteiger partial charge on any atom is 0.305 e. The van der Waals surface area contributed by atoms with Gasteiger partial charge in [-0.15, -0.1) is 0 Å². The molecule has 2 atom stereocenters. The summed E-state index contributed by atoms with van der Waals surface area (Å²) in [6, 6.07) is -0.628. The number of nitrogens with one attached hydrogen (secondary N) is 1. The Morgan fingerprint density at radius 2 is 0.602 bits per heavy atom. The summed E-state index contributed by atoms with van der Waals surface area (Å²) < 4.78 is 5.49. The number of aliphatic hydroxyl groups excluding tert-OH is 2. The zero-order valence-electron chi connectivity index (χ0n) is 55.9. The Bertz CT molecular complexity index is 1390. The molecule has 0 aromatic carbocycles. The Morgan fingerprint density at radius 1 is 0.337 bits per heavy atom. The largest absolute Gasteiger partial charge is 0.466 e. The Balaban J connectivity index is 3.40. The molecule has 3 N–H and O–H groups in total. The van der Waals surface area contributed by atoms with E-state index in [0.717, 1.165) is 51.4 Å². The van der Waals surface area contributed by atoms with Crippen molar-refractivity contribution in [2.45, 2.75) is 418 Å². The van der Waals surface area contributed by atoms with E-state index in [-0.39, 0.29) is 18.5 Å². The number of hydrogen-bond donors (Lipinski definition) is 3. The average molecular weight is 1170 g/mol. The standard InChI is InChI=1S/C77H145NO5/c1-3-5-7-9-11-13-15-17-19-20-38-42-45-49-53-57-61-65-69-75(80)74(73-79)78-76(81)70-66-62-58-54-50-46-43-39-36-34-32-30-28-26-24-22-21-23-25-27-29-31-33-35-37-40-44-48-52-56-60-64-68-72-83-77(82)71-67-63-59-55-51-47-41-18-16-14-12-10-8-6-4-2/h18,25,27,31,33,41,65,69,74-75,79-80H,3-17,19-24,26,28-30,32,34-40,42-64,66-68,70-73H2,1-2H3,(H,78,81)/b27-25-,33-31-,41-18-,69-65+. The van der Waals surface area contributed by atoms with Crippen molar-refractivity contribution in [3.05, 3.63) is 48.6 Å². The smallest absolute Gasteiger partial charge is 0.305 e. The third-order valence-electron chi connectivity index (χ3n) is 17.3. The number of ether oxygens (including phenoxy) is 1. The fraction of sp³-hybridized carbons (Fsp3) is 0.870. The molecule has 0 fully saturated rings. The summed E-state index contributed by atoms with van der Waals surface area (Å²) in [7, 11) is 0. The van der Waals surface area contributed by atoms with Crippen LogP contribution in [0.25, 0.3) is 0 Å². The highest BCUT2D eigenvalue weighted by atomic mass is 16.5. The highest BCUT2D eigenvalue weighted by Crippen LogP contribution is 2.18. The SMILES string of the molecule is CCCCCCCC/C=C\CCCCCCCC(=O)OCCCCCCCCCCC/C=C\C/C=C\CCCCCCCCCCCCCCCCCCCC(=O)NC(CO)C(O)/C=C/CCCCCCCCCCCCCCCCCC. The minimum Gasteiger partial charge on any atom is -0.466 e. The minimum atomic E-state index is -0.844. The summed E-state index contributed by atoms with van der Waals surface area (Å²) in [5, 5.41) is 23.2. The Morgan fingerprint density at radius 3 is 0.928 bits per heavy atom. The Hall–Kier alpha value is -2.18. The first-order valence-electron chi connectivity index (χ1n) is 37.4. The number of rotatable bonds is 70. The first-order valence-corrected chi connectivity index (χ1v) is 37.4. The van der Waals surface area contributed by atoms with Crippen molar-refractivity contribution in [1.29, 1.82) is 0 Å². The topological polar surface area (TPSA) is 95.9 Å². The fourth-order valence-corrected chi connectivity index (χ4v) is 11.6. The molecule has 0 bridgehead atoms. The maximum absolute atomic E-state index is 12.5. The van der Waals surface area contributed by atoms with Crippen LogP contribution >= 0.6 is 0 Å². The molecular formula is C77H145NO5. The number of allylic oxidation sites excluding steroid dienone is 7. The predicted molar refractivity (Wildman–Crippen MR) is 366 cm³/mol. The third-order valence-corrected chi connectivity index (χ3v) is 17.3. The predicted octanol–water partition coefficient (Wildman–Crippen LogP) is 24.4. The van der Waals surface area contributed by atoms with E-state index in [1.165, 1.54) is 327 Å². The van der Waals surface area contributed by atoms with Gasteiger partial charge in [-0.1, -0.05) is 351 Å². The highest BCUT2D eigenvalue weighted by molar-refractivity contribution is 5.76. The number of esters is 1. The van der Waals surface area contributed by atoms with Crippen molar-refractivity contribution < 1.29 is 24.5 Å². The molecule has 6 heteroatoms. The molecule has 83 heavy (non-hydrogen) atoms. The molecule has 1 amide bonds. The second kappa shape index (κ2) is 72.3. The van der Waals surface area contributed by atoms with Crippen molar-refractivity contribution in [3.63, 3.8) is 0 Å². The van der Waals surface area contributed by atoms with Gasteiger partial charge in [0.25, 0.3) is 0 Å². The zero-order chi connectivity index (χ0) is 59.9. The molecule has 0 radical (unpaired) electrons. The van der Waals surface area contributed by atoms with Crippen molar-refractivity contribution in [1.82, 2.24) is 5.32 Å². The van der Waals surface area contributed by atoms with Gasteiger partial charge in [-0.25, -0.2) is 0 Å². The van der Waals surface area contributed by atoms with E-state index in [1.807, 2.05) is 6.08 Å². The van der Waals surface area contributed by atoms with Gasteiger partial charge >= 0.3 is 5.97 Å². The van der Waals surface area contributed by atoms with Crippen molar-refractivity contribution in [2.24, 2.45) is 0 Å². The second-order valence-electron chi connectivity index (χ2n) is 25.6. The summed E-state index contributed by atoms with van der Waals surface area (Å²) >= 11 is 0. The first-order chi connectivity index (χ1) is 41.0. The summed E-state index contributed by atoms with van der Waals surface area (Å²) in [6.07, 6.45) is 95.0. The summed E-state index contributed by atoms with van der Waals surface area (Å²) in [5.74, 6) is -0.0569. The van der Waals surface area contributed by atoms with Gasteiger partial charge in [0, 0.05) is 12.8 Å². The lowest BCUT2D eigenvalue weighted by molar-refractivity contribution is -0.143. The van der Waals surface area contributed by atoms with Crippen LogP contribution in [0, 0.1) is 0 Å². The molecule has 2 unspecified atom stereocenters. The Labute approximate surface area is 518 Å². The van der Waals surface area contributed by atoms with Gasteiger partial charge < -0.3 is 20.3 Å². The number of carbonyl (C=O) groups excluding carboxylic acids is 2. The average Bonchev–Trinajstić information content (AvgIpc) is 3.49. The van der Waals surface area contributed by atoms with E-state index in [2.05, 4.69) is 55.6 Å².